The van der Waals surface area contributed by atoms with E-state index in [-0.39, 0.29) is 17.2 Å². The first-order chi connectivity index (χ1) is 14.3. The van der Waals surface area contributed by atoms with Gasteiger partial charge in [0.1, 0.15) is 17.1 Å². The van der Waals surface area contributed by atoms with E-state index in [2.05, 4.69) is 0 Å². The highest BCUT2D eigenvalue weighted by atomic mass is 19.4. The molecule has 0 saturated carbocycles. The Morgan fingerprint density at radius 1 is 0.968 bits per heavy atom. The fraction of sp³-hybridized carbons (Fsp3) is 0.200. The molecular formula is C20H13F6NO4. The number of aromatic nitrogens is 1. The molecule has 1 heterocycles. The lowest BCUT2D eigenvalue weighted by Gasteiger charge is -2.15. The van der Waals surface area contributed by atoms with E-state index < -0.39 is 46.2 Å². The minimum Gasteiger partial charge on any atom is -0.477 e. The van der Waals surface area contributed by atoms with Gasteiger partial charge in [0.2, 0.25) is 5.43 Å². The number of rotatable bonds is 4. The first kappa shape index (κ1) is 22.2. The monoisotopic (exact) mass is 445 g/mol. The van der Waals surface area contributed by atoms with Crippen molar-refractivity contribution in [3.05, 3.63) is 69.5 Å². The van der Waals surface area contributed by atoms with Gasteiger partial charge < -0.3 is 14.4 Å². The standard InChI is InChI=1S/C20H13F6NO4/c1-2-27-9-15(18(29)30)17(28)14-8-12(3-4-16(14)27)31-13-6-10(19(21,22)23)5-11(7-13)20(24,25)26/h3-9H,2H2,1H3,(H,29,30). The summed E-state index contributed by atoms with van der Waals surface area (Å²) in [5.74, 6) is -2.46. The number of alkyl halides is 6. The molecule has 1 N–H and O–H groups in total. The van der Waals surface area contributed by atoms with Gasteiger partial charge in [-0.05, 0) is 43.3 Å². The Morgan fingerprint density at radius 2 is 1.55 bits per heavy atom. The summed E-state index contributed by atoms with van der Waals surface area (Å²) in [6.07, 6.45) is -8.95. The summed E-state index contributed by atoms with van der Waals surface area (Å²) in [4.78, 5) is 23.8. The number of carboxylic acid groups (broad SMARTS) is 1. The van der Waals surface area contributed by atoms with Gasteiger partial charge in [0.05, 0.1) is 22.0 Å². The highest BCUT2D eigenvalue weighted by molar-refractivity contribution is 5.93. The molecular weight excluding hydrogens is 432 g/mol. The zero-order chi connectivity index (χ0) is 23.1. The number of benzene rings is 2. The van der Waals surface area contributed by atoms with Crippen LogP contribution in [0.2, 0.25) is 0 Å². The summed E-state index contributed by atoms with van der Waals surface area (Å²) in [6.45, 7) is 2.00. The van der Waals surface area contributed by atoms with Gasteiger partial charge in [0.15, 0.2) is 0 Å². The smallest absolute Gasteiger partial charge is 0.416 e. The van der Waals surface area contributed by atoms with Crippen molar-refractivity contribution in [3.63, 3.8) is 0 Å². The van der Waals surface area contributed by atoms with Crippen molar-refractivity contribution in [1.29, 1.82) is 0 Å². The minimum absolute atomic E-state index is 0.0354. The normalized spacial score (nSPS) is 12.2. The SMILES string of the molecule is CCn1cc(C(=O)O)c(=O)c2cc(Oc3cc(C(F)(F)F)cc(C(F)(F)F)c3)ccc21. The fourth-order valence-corrected chi connectivity index (χ4v) is 2.98. The average Bonchev–Trinajstić information content (AvgIpc) is 2.66. The number of hydrogen-bond acceptors (Lipinski definition) is 3. The molecule has 0 aliphatic heterocycles. The number of nitrogens with zero attached hydrogens (tertiary/aromatic N) is 1. The highest BCUT2D eigenvalue weighted by Crippen LogP contribution is 2.39. The van der Waals surface area contributed by atoms with Gasteiger partial charge in [-0.1, -0.05) is 0 Å². The number of hydrogen-bond donors (Lipinski definition) is 1. The van der Waals surface area contributed by atoms with Crippen LogP contribution in [0.25, 0.3) is 10.9 Å². The molecule has 3 rings (SSSR count). The van der Waals surface area contributed by atoms with Crippen LogP contribution < -0.4 is 10.2 Å². The van der Waals surface area contributed by atoms with Crippen LogP contribution in [0, 0.1) is 0 Å². The second-order valence-corrected chi connectivity index (χ2v) is 6.49. The van der Waals surface area contributed by atoms with E-state index in [4.69, 9.17) is 4.74 Å². The van der Waals surface area contributed by atoms with Crippen LogP contribution in [0.3, 0.4) is 0 Å². The van der Waals surface area contributed by atoms with Gasteiger partial charge in [-0.2, -0.15) is 26.3 Å². The number of fused-ring (bicyclic) bond motifs is 1. The Kier molecular flexibility index (Phi) is 5.47. The first-order valence-corrected chi connectivity index (χ1v) is 8.69. The van der Waals surface area contributed by atoms with E-state index in [1.54, 1.807) is 6.92 Å². The molecule has 0 spiro atoms. The maximum Gasteiger partial charge on any atom is 0.416 e. The molecule has 11 heteroatoms. The van der Waals surface area contributed by atoms with Crippen LogP contribution in [-0.2, 0) is 18.9 Å². The minimum atomic E-state index is -5.05. The molecule has 2 aromatic carbocycles. The third kappa shape index (κ3) is 4.49. The zero-order valence-electron chi connectivity index (χ0n) is 15.6. The van der Waals surface area contributed by atoms with Crippen molar-refractivity contribution < 1.29 is 41.0 Å². The van der Waals surface area contributed by atoms with E-state index in [9.17, 15) is 41.0 Å². The van der Waals surface area contributed by atoms with Gasteiger partial charge in [0, 0.05) is 12.7 Å². The Balaban J connectivity index is 2.15. The molecule has 0 aliphatic rings. The number of pyridine rings is 1. The molecule has 0 amide bonds. The Labute approximate surface area is 170 Å². The largest absolute Gasteiger partial charge is 0.477 e. The lowest BCUT2D eigenvalue weighted by atomic mass is 10.1. The van der Waals surface area contributed by atoms with Crippen molar-refractivity contribution >= 4 is 16.9 Å². The van der Waals surface area contributed by atoms with Crippen molar-refractivity contribution in [2.24, 2.45) is 0 Å². The summed E-state index contributed by atoms with van der Waals surface area (Å²) >= 11 is 0. The van der Waals surface area contributed by atoms with E-state index in [1.807, 2.05) is 0 Å². The Bertz CT molecular complexity index is 1200. The van der Waals surface area contributed by atoms with Crippen LogP contribution in [0.5, 0.6) is 11.5 Å². The third-order valence-corrected chi connectivity index (χ3v) is 4.42. The summed E-state index contributed by atoms with van der Waals surface area (Å²) < 4.78 is 84.8. The number of carbonyl (C=O) groups is 1. The lowest BCUT2D eigenvalue weighted by Crippen LogP contribution is -2.18. The van der Waals surface area contributed by atoms with Crippen LogP contribution in [0.1, 0.15) is 28.4 Å². The summed E-state index contributed by atoms with van der Waals surface area (Å²) in [6, 6.07) is 4.45. The molecule has 3 aromatic rings. The highest BCUT2D eigenvalue weighted by Gasteiger charge is 2.37. The average molecular weight is 445 g/mol. The van der Waals surface area contributed by atoms with E-state index >= 15 is 0 Å². The van der Waals surface area contributed by atoms with Crippen LogP contribution >= 0.6 is 0 Å². The summed E-state index contributed by atoms with van der Waals surface area (Å²) in [5, 5.41) is 9.10. The quantitative estimate of drug-likeness (QED) is 0.535. The molecule has 1 aromatic heterocycles. The molecule has 0 bridgehead atoms. The van der Waals surface area contributed by atoms with Gasteiger partial charge in [0.25, 0.3) is 0 Å². The maximum atomic E-state index is 13.0. The summed E-state index contributed by atoms with van der Waals surface area (Å²) in [5.41, 5.74) is -4.19. The molecule has 31 heavy (non-hydrogen) atoms. The van der Waals surface area contributed by atoms with Gasteiger partial charge >= 0.3 is 18.3 Å². The number of aryl methyl sites for hydroxylation is 1. The van der Waals surface area contributed by atoms with E-state index in [0.29, 0.717) is 24.2 Å². The molecule has 0 unspecified atom stereocenters. The van der Waals surface area contributed by atoms with Gasteiger partial charge in [-0.3, -0.25) is 4.79 Å². The maximum absolute atomic E-state index is 13.0. The predicted molar refractivity (Wildman–Crippen MR) is 97.4 cm³/mol. The van der Waals surface area contributed by atoms with Crippen LogP contribution in [-0.4, -0.2) is 15.6 Å². The molecule has 0 saturated heterocycles. The zero-order valence-corrected chi connectivity index (χ0v) is 15.6. The number of halogens is 6. The second-order valence-electron chi connectivity index (χ2n) is 6.49. The van der Waals surface area contributed by atoms with Crippen molar-refractivity contribution in [3.8, 4) is 11.5 Å². The van der Waals surface area contributed by atoms with E-state index in [1.165, 1.54) is 16.7 Å². The van der Waals surface area contributed by atoms with E-state index in [0.717, 1.165) is 12.3 Å². The Morgan fingerprint density at radius 3 is 2.03 bits per heavy atom. The van der Waals surface area contributed by atoms with Gasteiger partial charge in [-0.25, -0.2) is 4.79 Å². The molecule has 5 nitrogen and oxygen atoms in total. The molecule has 0 fully saturated rings. The van der Waals surface area contributed by atoms with Crippen molar-refractivity contribution in [2.45, 2.75) is 25.8 Å². The summed E-state index contributed by atoms with van der Waals surface area (Å²) in [7, 11) is 0. The van der Waals surface area contributed by atoms with Crippen LogP contribution in [0.4, 0.5) is 26.3 Å². The number of ether oxygens (including phenoxy) is 1. The molecule has 0 aliphatic carbocycles. The predicted octanol–water partition coefficient (Wildman–Crippen LogP) is 5.55. The van der Waals surface area contributed by atoms with Gasteiger partial charge in [-0.15, -0.1) is 0 Å². The molecule has 0 radical (unpaired) electrons. The number of carboxylic acids is 1. The van der Waals surface area contributed by atoms with Crippen molar-refractivity contribution in [1.82, 2.24) is 4.57 Å². The lowest BCUT2D eigenvalue weighted by molar-refractivity contribution is -0.143. The molecule has 164 valence electrons. The second kappa shape index (κ2) is 7.64. The Hall–Kier alpha value is -3.50. The van der Waals surface area contributed by atoms with Crippen LogP contribution in [0.15, 0.2) is 47.4 Å². The first-order valence-electron chi connectivity index (χ1n) is 8.69. The molecule has 0 atom stereocenters. The third-order valence-electron chi connectivity index (χ3n) is 4.42. The topological polar surface area (TPSA) is 68.5 Å². The number of aromatic carboxylic acids is 1. The fourth-order valence-electron chi connectivity index (χ4n) is 2.98. The van der Waals surface area contributed by atoms with Crippen molar-refractivity contribution in [2.75, 3.05) is 0 Å².